The van der Waals surface area contributed by atoms with E-state index in [2.05, 4.69) is 10.6 Å². The van der Waals surface area contributed by atoms with Crippen LogP contribution in [-0.4, -0.2) is 39.3 Å². The van der Waals surface area contributed by atoms with E-state index in [1.165, 1.54) is 12.1 Å². The average Bonchev–Trinajstić information content (AvgIpc) is 3.33. The fourth-order valence-electron chi connectivity index (χ4n) is 4.65. The van der Waals surface area contributed by atoms with Gasteiger partial charge in [0, 0.05) is 16.5 Å². The van der Waals surface area contributed by atoms with Gasteiger partial charge in [0.15, 0.2) is 11.5 Å². The second-order valence-corrected chi connectivity index (χ2v) is 10.9. The van der Waals surface area contributed by atoms with Gasteiger partial charge in [-0.05, 0) is 42.8 Å². The van der Waals surface area contributed by atoms with E-state index >= 15 is 0 Å². The maximum atomic E-state index is 13.1. The standard InChI is InChI=1S/C25H20F3N3O6S2/c1-2-37-15-8-11(6-7-14(15)32)17-18-19(22(35)30-21(18)34)38-23-20(17)39-24(36)31(23)10-16(33)29-13-5-3-4-12(9-13)25(26,27)28/h3-9,17-19,32H,2,10H2,1H3,(H,29,33)(H,30,34,35). The molecule has 204 valence electrons. The Labute approximate surface area is 227 Å². The minimum Gasteiger partial charge on any atom is -0.504 e. The Morgan fingerprint density at radius 1 is 1.15 bits per heavy atom. The van der Waals surface area contributed by atoms with Crippen LogP contribution in [0.3, 0.4) is 0 Å². The number of thiazole rings is 1. The second-order valence-electron chi connectivity index (χ2n) is 8.81. The van der Waals surface area contributed by atoms with Crippen LogP contribution >= 0.6 is 23.1 Å². The molecule has 3 aromatic rings. The van der Waals surface area contributed by atoms with Crippen molar-refractivity contribution < 1.29 is 37.4 Å². The minimum atomic E-state index is -4.60. The Hall–Kier alpha value is -3.78. The number of thioether (sulfide) groups is 1. The number of rotatable bonds is 6. The molecule has 3 atom stereocenters. The van der Waals surface area contributed by atoms with Gasteiger partial charge >= 0.3 is 11.0 Å². The number of phenolic OH excluding ortho intramolecular Hbond substituents is 1. The van der Waals surface area contributed by atoms with Crippen LogP contribution in [0.5, 0.6) is 11.5 Å². The lowest BCUT2D eigenvalue weighted by molar-refractivity contribution is -0.137. The number of carbonyl (C=O) groups excluding carboxylic acids is 3. The highest BCUT2D eigenvalue weighted by Crippen LogP contribution is 2.52. The zero-order chi connectivity index (χ0) is 28.1. The van der Waals surface area contributed by atoms with Gasteiger partial charge in [-0.2, -0.15) is 13.2 Å². The largest absolute Gasteiger partial charge is 0.504 e. The normalized spacial score (nSPS) is 20.3. The van der Waals surface area contributed by atoms with Crippen molar-refractivity contribution in [2.24, 2.45) is 5.92 Å². The van der Waals surface area contributed by atoms with Crippen molar-refractivity contribution in [3.63, 3.8) is 0 Å². The zero-order valence-electron chi connectivity index (χ0n) is 20.1. The number of anilines is 1. The summed E-state index contributed by atoms with van der Waals surface area (Å²) in [6.07, 6.45) is -4.60. The summed E-state index contributed by atoms with van der Waals surface area (Å²) in [5.41, 5.74) is -0.502. The number of hydrogen-bond acceptors (Lipinski definition) is 8. The fourth-order valence-corrected chi connectivity index (χ4v) is 7.39. The summed E-state index contributed by atoms with van der Waals surface area (Å²) in [6.45, 7) is 1.47. The van der Waals surface area contributed by atoms with Crippen molar-refractivity contribution in [2.75, 3.05) is 11.9 Å². The maximum Gasteiger partial charge on any atom is 0.416 e. The molecule has 1 fully saturated rings. The van der Waals surface area contributed by atoms with Gasteiger partial charge < -0.3 is 15.2 Å². The number of nitrogens with one attached hydrogen (secondary N) is 2. The topological polar surface area (TPSA) is 127 Å². The van der Waals surface area contributed by atoms with Gasteiger partial charge in [0.1, 0.15) is 11.8 Å². The Bertz CT molecular complexity index is 1550. The maximum absolute atomic E-state index is 13.1. The van der Waals surface area contributed by atoms with Gasteiger partial charge in [0.2, 0.25) is 17.7 Å². The van der Waals surface area contributed by atoms with Crippen LogP contribution < -0.4 is 20.2 Å². The molecule has 9 nitrogen and oxygen atoms in total. The van der Waals surface area contributed by atoms with Crippen LogP contribution in [0.2, 0.25) is 0 Å². The van der Waals surface area contributed by atoms with E-state index in [0.29, 0.717) is 15.5 Å². The molecule has 39 heavy (non-hydrogen) atoms. The van der Waals surface area contributed by atoms with E-state index in [1.54, 1.807) is 19.1 Å². The monoisotopic (exact) mass is 579 g/mol. The molecule has 3 N–H and O–H groups in total. The number of amides is 3. The Kier molecular flexibility index (Phi) is 6.93. The van der Waals surface area contributed by atoms with Gasteiger partial charge in [-0.15, -0.1) is 0 Å². The van der Waals surface area contributed by atoms with E-state index in [4.69, 9.17) is 4.74 Å². The van der Waals surface area contributed by atoms with E-state index in [1.807, 2.05) is 0 Å². The number of aromatic hydroxyl groups is 1. The summed E-state index contributed by atoms with van der Waals surface area (Å²) in [5.74, 6) is -3.33. The highest BCUT2D eigenvalue weighted by Gasteiger charge is 2.53. The van der Waals surface area contributed by atoms with Crippen molar-refractivity contribution in [3.8, 4) is 11.5 Å². The number of halogens is 3. The number of hydrogen-bond donors (Lipinski definition) is 3. The zero-order valence-corrected chi connectivity index (χ0v) is 21.7. The van der Waals surface area contributed by atoms with Crippen molar-refractivity contribution >= 4 is 46.5 Å². The Morgan fingerprint density at radius 2 is 1.92 bits per heavy atom. The molecule has 14 heteroatoms. The molecule has 0 spiro atoms. The molecule has 3 heterocycles. The molecule has 0 bridgehead atoms. The van der Waals surface area contributed by atoms with E-state index < -0.39 is 58.0 Å². The molecule has 0 radical (unpaired) electrons. The van der Waals surface area contributed by atoms with Crippen LogP contribution in [0.25, 0.3) is 0 Å². The van der Waals surface area contributed by atoms with Crippen molar-refractivity contribution in [3.05, 3.63) is 68.1 Å². The number of carbonyl (C=O) groups is 3. The van der Waals surface area contributed by atoms with Crippen molar-refractivity contribution in [1.82, 2.24) is 9.88 Å². The summed E-state index contributed by atoms with van der Waals surface area (Å²) in [5, 5.41) is 14.3. The highest BCUT2D eigenvalue weighted by atomic mass is 32.2. The quantitative estimate of drug-likeness (QED) is 0.382. The fraction of sp³-hybridized carbons (Fsp3) is 0.280. The molecule has 3 amide bonds. The molecule has 0 saturated carbocycles. The van der Waals surface area contributed by atoms with E-state index in [-0.39, 0.29) is 23.8 Å². The van der Waals surface area contributed by atoms with Crippen LogP contribution in [0.1, 0.15) is 28.8 Å². The molecule has 2 aliphatic heterocycles. The van der Waals surface area contributed by atoms with E-state index in [0.717, 1.165) is 45.9 Å². The third-order valence-electron chi connectivity index (χ3n) is 6.31. The number of phenols is 1. The summed E-state index contributed by atoms with van der Waals surface area (Å²) in [6, 6.07) is 8.62. The molecule has 1 saturated heterocycles. The van der Waals surface area contributed by atoms with Gasteiger partial charge in [-0.1, -0.05) is 35.2 Å². The van der Waals surface area contributed by atoms with Crippen LogP contribution in [0.4, 0.5) is 18.9 Å². The van der Waals surface area contributed by atoms with Crippen molar-refractivity contribution in [2.45, 2.75) is 35.8 Å². The predicted molar refractivity (Wildman–Crippen MR) is 136 cm³/mol. The third-order valence-corrected chi connectivity index (χ3v) is 8.92. The first kappa shape index (κ1) is 26.8. The number of imide groups is 1. The molecular formula is C25H20F3N3O6S2. The molecule has 2 aliphatic rings. The predicted octanol–water partition coefficient (Wildman–Crippen LogP) is 3.55. The summed E-state index contributed by atoms with van der Waals surface area (Å²) < 4.78 is 45.8. The van der Waals surface area contributed by atoms with Gasteiger partial charge in [0.05, 0.1) is 23.1 Å². The van der Waals surface area contributed by atoms with Crippen LogP contribution in [-0.2, 0) is 27.1 Å². The molecule has 3 unspecified atom stereocenters. The van der Waals surface area contributed by atoms with Gasteiger partial charge in [0.25, 0.3) is 0 Å². The third kappa shape index (κ3) is 5.01. The number of nitrogens with zero attached hydrogens (tertiary/aromatic N) is 1. The summed E-state index contributed by atoms with van der Waals surface area (Å²) in [7, 11) is 0. The highest BCUT2D eigenvalue weighted by molar-refractivity contribution is 8.00. The lowest BCUT2D eigenvalue weighted by Gasteiger charge is -2.31. The average molecular weight is 580 g/mol. The van der Waals surface area contributed by atoms with Gasteiger partial charge in [-0.3, -0.25) is 29.1 Å². The number of alkyl halides is 3. The first-order valence-electron chi connectivity index (χ1n) is 11.7. The second kappa shape index (κ2) is 10.1. The molecule has 2 aromatic carbocycles. The Morgan fingerprint density at radius 3 is 2.64 bits per heavy atom. The summed E-state index contributed by atoms with van der Waals surface area (Å²) in [4.78, 5) is 51.2. The van der Waals surface area contributed by atoms with Crippen LogP contribution in [0, 0.1) is 5.92 Å². The van der Waals surface area contributed by atoms with Crippen LogP contribution in [0.15, 0.2) is 52.3 Å². The SMILES string of the molecule is CCOc1cc(C2c3sc(=O)n(CC(=O)Nc4cccc(C(F)(F)F)c4)c3SC3C(=O)NC(=O)C32)ccc1O. The first-order valence-corrected chi connectivity index (χ1v) is 13.3. The number of ether oxygens (including phenoxy) is 1. The molecule has 0 aliphatic carbocycles. The number of aromatic nitrogens is 1. The minimum absolute atomic E-state index is 0.0918. The summed E-state index contributed by atoms with van der Waals surface area (Å²) >= 11 is 1.80. The molecule has 5 rings (SSSR count). The molecule has 1 aromatic heterocycles. The number of fused-ring (bicyclic) bond motifs is 2. The Balaban J connectivity index is 1.51. The lowest BCUT2D eigenvalue weighted by atomic mass is 9.83. The molecular weight excluding hydrogens is 559 g/mol. The smallest absolute Gasteiger partial charge is 0.416 e. The van der Waals surface area contributed by atoms with Crippen molar-refractivity contribution in [1.29, 1.82) is 0 Å². The first-order chi connectivity index (χ1) is 18.5. The van der Waals surface area contributed by atoms with Gasteiger partial charge in [-0.25, -0.2) is 0 Å². The van der Waals surface area contributed by atoms with E-state index in [9.17, 15) is 37.5 Å². The number of benzene rings is 2. The lowest BCUT2D eigenvalue weighted by Crippen LogP contribution is -2.32.